The summed E-state index contributed by atoms with van der Waals surface area (Å²) in [4.78, 5) is 24.1. The number of benzene rings is 2. The molecule has 0 aliphatic carbocycles. The van der Waals surface area contributed by atoms with Crippen LogP contribution < -0.4 is 16.0 Å². The van der Waals surface area contributed by atoms with Crippen molar-refractivity contribution in [3.05, 3.63) is 73.2 Å². The first-order chi connectivity index (χ1) is 13.7. The molecule has 0 unspecified atom stereocenters. The summed E-state index contributed by atoms with van der Waals surface area (Å²) < 4.78 is 0. The Balaban J connectivity index is 1.52. The van der Waals surface area contributed by atoms with Crippen LogP contribution in [-0.4, -0.2) is 20.9 Å². The number of carbonyl (C=O) groups is 1. The molecule has 7 nitrogen and oxygen atoms in total. The first kappa shape index (κ1) is 17.4. The maximum Gasteiger partial charge on any atom is 0.221 e. The van der Waals surface area contributed by atoms with E-state index in [0.717, 1.165) is 28.0 Å². The maximum atomic E-state index is 11.1. The molecule has 4 rings (SSSR count). The molecule has 0 atom stereocenters. The van der Waals surface area contributed by atoms with E-state index in [-0.39, 0.29) is 5.91 Å². The van der Waals surface area contributed by atoms with Crippen LogP contribution in [0.25, 0.3) is 10.8 Å². The molecule has 2 heterocycles. The molecule has 2 aromatic heterocycles. The minimum absolute atomic E-state index is 0.103. The van der Waals surface area contributed by atoms with E-state index in [1.807, 2.05) is 60.7 Å². The molecular formula is C21H18N6O. The molecule has 138 valence electrons. The van der Waals surface area contributed by atoms with Crippen molar-refractivity contribution in [3.63, 3.8) is 0 Å². The molecule has 2 aromatic carbocycles. The van der Waals surface area contributed by atoms with Gasteiger partial charge in [-0.2, -0.15) is 0 Å². The lowest BCUT2D eigenvalue weighted by Gasteiger charge is -2.10. The van der Waals surface area contributed by atoms with E-state index < -0.39 is 0 Å². The van der Waals surface area contributed by atoms with Gasteiger partial charge >= 0.3 is 0 Å². The highest BCUT2D eigenvalue weighted by Gasteiger charge is 2.05. The van der Waals surface area contributed by atoms with Crippen molar-refractivity contribution in [2.75, 3.05) is 16.0 Å². The van der Waals surface area contributed by atoms with Gasteiger partial charge in [-0.3, -0.25) is 4.79 Å². The first-order valence-electron chi connectivity index (χ1n) is 8.75. The van der Waals surface area contributed by atoms with Crippen LogP contribution in [-0.2, 0) is 4.79 Å². The minimum atomic E-state index is -0.103. The summed E-state index contributed by atoms with van der Waals surface area (Å²) in [5.74, 6) is 1.91. The van der Waals surface area contributed by atoms with Crippen LogP contribution in [0, 0.1) is 0 Å². The largest absolute Gasteiger partial charge is 0.340 e. The summed E-state index contributed by atoms with van der Waals surface area (Å²) in [5, 5.41) is 11.3. The Morgan fingerprint density at radius 2 is 1.54 bits per heavy atom. The second kappa shape index (κ2) is 7.71. The highest BCUT2D eigenvalue weighted by molar-refractivity contribution is 5.93. The zero-order valence-electron chi connectivity index (χ0n) is 15.2. The van der Waals surface area contributed by atoms with Gasteiger partial charge in [0.2, 0.25) is 5.91 Å². The van der Waals surface area contributed by atoms with Crippen molar-refractivity contribution < 1.29 is 4.79 Å². The molecule has 28 heavy (non-hydrogen) atoms. The van der Waals surface area contributed by atoms with Crippen LogP contribution in [0.3, 0.4) is 0 Å². The molecule has 0 spiro atoms. The van der Waals surface area contributed by atoms with Crippen molar-refractivity contribution in [1.82, 2.24) is 15.0 Å². The number of nitrogens with one attached hydrogen (secondary N) is 3. The zero-order chi connectivity index (χ0) is 19.3. The SMILES string of the molecule is CC(=O)Nc1ccc(Nc2cc(Nc3nccc4ccccc34)ncn2)cc1. The van der Waals surface area contributed by atoms with E-state index in [1.54, 1.807) is 6.20 Å². The van der Waals surface area contributed by atoms with E-state index in [9.17, 15) is 4.79 Å². The van der Waals surface area contributed by atoms with Crippen molar-refractivity contribution in [3.8, 4) is 0 Å². The van der Waals surface area contributed by atoms with Gasteiger partial charge in [-0.25, -0.2) is 15.0 Å². The number of pyridine rings is 1. The maximum absolute atomic E-state index is 11.1. The summed E-state index contributed by atoms with van der Waals surface area (Å²) in [6.45, 7) is 1.48. The van der Waals surface area contributed by atoms with Crippen LogP contribution in [0.1, 0.15) is 6.92 Å². The topological polar surface area (TPSA) is 91.8 Å². The van der Waals surface area contributed by atoms with Gasteiger partial charge < -0.3 is 16.0 Å². The number of hydrogen-bond acceptors (Lipinski definition) is 6. The molecular weight excluding hydrogens is 352 g/mol. The lowest BCUT2D eigenvalue weighted by atomic mass is 10.1. The fraction of sp³-hybridized carbons (Fsp3) is 0.0476. The van der Waals surface area contributed by atoms with Gasteiger partial charge in [0.15, 0.2) is 0 Å². The van der Waals surface area contributed by atoms with Gasteiger partial charge in [-0.15, -0.1) is 0 Å². The Bertz CT molecular complexity index is 1120. The first-order valence-corrected chi connectivity index (χ1v) is 8.75. The standard InChI is InChI=1S/C21H18N6O/c1-14(28)25-16-6-8-17(9-7-16)26-19-12-20(24-13-23-19)27-21-18-5-3-2-4-15(18)10-11-22-21/h2-13H,1H3,(H,25,28)(H2,22,23,24,26,27). The zero-order valence-corrected chi connectivity index (χ0v) is 15.2. The van der Waals surface area contributed by atoms with Gasteiger partial charge in [0.1, 0.15) is 23.8 Å². The fourth-order valence-corrected chi connectivity index (χ4v) is 2.82. The smallest absolute Gasteiger partial charge is 0.221 e. The average molecular weight is 370 g/mol. The third-order valence-electron chi connectivity index (χ3n) is 4.06. The van der Waals surface area contributed by atoms with E-state index >= 15 is 0 Å². The number of amides is 1. The molecule has 7 heteroatoms. The number of nitrogens with zero attached hydrogens (tertiary/aromatic N) is 3. The van der Waals surface area contributed by atoms with Crippen molar-refractivity contribution in [1.29, 1.82) is 0 Å². The highest BCUT2D eigenvalue weighted by Crippen LogP contribution is 2.24. The number of hydrogen-bond donors (Lipinski definition) is 3. The molecule has 0 radical (unpaired) electrons. The molecule has 0 saturated carbocycles. The number of anilines is 5. The molecule has 1 amide bonds. The third-order valence-corrected chi connectivity index (χ3v) is 4.06. The Labute approximate surface area is 161 Å². The minimum Gasteiger partial charge on any atom is -0.340 e. The summed E-state index contributed by atoms with van der Waals surface area (Å²) >= 11 is 0. The summed E-state index contributed by atoms with van der Waals surface area (Å²) in [7, 11) is 0. The Kier molecular flexibility index (Phi) is 4.79. The molecule has 0 aliphatic heterocycles. The van der Waals surface area contributed by atoms with Gasteiger partial charge in [-0.1, -0.05) is 24.3 Å². The average Bonchev–Trinajstić information content (AvgIpc) is 2.70. The van der Waals surface area contributed by atoms with E-state index in [2.05, 4.69) is 30.9 Å². The lowest BCUT2D eigenvalue weighted by molar-refractivity contribution is -0.114. The number of carbonyl (C=O) groups excluding carboxylic acids is 1. The molecule has 0 bridgehead atoms. The Morgan fingerprint density at radius 1 is 0.821 bits per heavy atom. The van der Waals surface area contributed by atoms with E-state index in [1.165, 1.54) is 13.3 Å². The summed E-state index contributed by atoms with van der Waals surface area (Å²) in [6, 6.07) is 19.2. The van der Waals surface area contributed by atoms with Crippen molar-refractivity contribution in [2.24, 2.45) is 0 Å². The predicted molar refractivity (Wildman–Crippen MR) is 111 cm³/mol. The van der Waals surface area contributed by atoms with Gasteiger partial charge in [0.25, 0.3) is 0 Å². The Hall–Kier alpha value is -4.00. The summed E-state index contributed by atoms with van der Waals surface area (Å²) in [5.41, 5.74) is 1.59. The predicted octanol–water partition coefficient (Wildman–Crippen LogP) is 4.47. The fourth-order valence-electron chi connectivity index (χ4n) is 2.82. The van der Waals surface area contributed by atoms with E-state index in [0.29, 0.717) is 11.6 Å². The van der Waals surface area contributed by atoms with Crippen LogP contribution in [0.2, 0.25) is 0 Å². The van der Waals surface area contributed by atoms with Gasteiger partial charge in [0, 0.05) is 35.9 Å². The highest BCUT2D eigenvalue weighted by atomic mass is 16.1. The van der Waals surface area contributed by atoms with E-state index in [4.69, 9.17) is 0 Å². The second-order valence-corrected chi connectivity index (χ2v) is 6.18. The third kappa shape index (κ3) is 4.04. The molecule has 3 N–H and O–H groups in total. The Morgan fingerprint density at radius 3 is 2.32 bits per heavy atom. The number of fused-ring (bicyclic) bond motifs is 1. The van der Waals surface area contributed by atoms with Crippen molar-refractivity contribution in [2.45, 2.75) is 6.92 Å². The quantitative estimate of drug-likeness (QED) is 0.480. The monoisotopic (exact) mass is 370 g/mol. The number of aromatic nitrogens is 3. The molecule has 0 aliphatic rings. The normalized spacial score (nSPS) is 10.5. The van der Waals surface area contributed by atoms with Crippen molar-refractivity contribution >= 4 is 45.5 Å². The van der Waals surface area contributed by atoms with Crippen LogP contribution in [0.15, 0.2) is 73.2 Å². The van der Waals surface area contributed by atoms with Crippen LogP contribution in [0.5, 0.6) is 0 Å². The second-order valence-electron chi connectivity index (χ2n) is 6.18. The lowest BCUT2D eigenvalue weighted by Crippen LogP contribution is -2.05. The molecule has 0 saturated heterocycles. The van der Waals surface area contributed by atoms with Gasteiger partial charge in [-0.05, 0) is 35.7 Å². The number of rotatable bonds is 5. The molecule has 4 aromatic rings. The van der Waals surface area contributed by atoms with Gasteiger partial charge in [0.05, 0.1) is 0 Å². The van der Waals surface area contributed by atoms with Crippen LogP contribution in [0.4, 0.5) is 28.8 Å². The van der Waals surface area contributed by atoms with Crippen LogP contribution >= 0.6 is 0 Å². The molecule has 0 fully saturated rings. The summed E-state index contributed by atoms with van der Waals surface area (Å²) in [6.07, 6.45) is 3.25.